The first-order chi connectivity index (χ1) is 16.0. The van der Waals surface area contributed by atoms with Crippen LogP contribution < -0.4 is 10.2 Å². The van der Waals surface area contributed by atoms with Crippen LogP contribution in [0.2, 0.25) is 5.02 Å². The molecule has 0 saturated carbocycles. The van der Waals surface area contributed by atoms with Gasteiger partial charge in [-0.1, -0.05) is 23.7 Å². The number of carbonyl (C=O) groups is 3. The Labute approximate surface area is 200 Å². The molecule has 0 spiro atoms. The molecule has 0 bridgehead atoms. The van der Waals surface area contributed by atoms with Gasteiger partial charge >= 0.3 is 0 Å². The Morgan fingerprint density at radius 3 is 2.64 bits per heavy atom. The molecule has 0 aliphatic carbocycles. The summed E-state index contributed by atoms with van der Waals surface area (Å²) in [5.74, 6) is -0.648. The Kier molecular flexibility index (Phi) is 5.91. The second kappa shape index (κ2) is 9.00. The van der Waals surface area contributed by atoms with E-state index in [1.165, 1.54) is 16.9 Å². The Morgan fingerprint density at radius 2 is 1.88 bits per heavy atom. The third-order valence-corrected chi connectivity index (χ3v) is 7.25. The first-order valence-electron chi connectivity index (χ1n) is 10.8. The quantitative estimate of drug-likeness (QED) is 0.595. The average molecular weight is 480 g/mol. The van der Waals surface area contributed by atoms with Crippen molar-refractivity contribution in [1.82, 2.24) is 4.90 Å². The van der Waals surface area contributed by atoms with Gasteiger partial charge in [0, 0.05) is 42.5 Å². The van der Waals surface area contributed by atoms with Crippen LogP contribution in [-0.2, 0) is 22.6 Å². The minimum atomic E-state index is -0.430. The number of hydrogen-bond donors (Lipinski definition) is 1. The maximum atomic E-state index is 12.9. The lowest BCUT2D eigenvalue weighted by atomic mass is 9.98. The summed E-state index contributed by atoms with van der Waals surface area (Å²) in [4.78, 5) is 42.3. The highest BCUT2D eigenvalue weighted by Crippen LogP contribution is 2.28. The number of anilines is 2. The van der Waals surface area contributed by atoms with Gasteiger partial charge in [-0.15, -0.1) is 11.3 Å². The highest BCUT2D eigenvalue weighted by atomic mass is 35.5. The molecule has 6 nitrogen and oxygen atoms in total. The molecule has 2 aromatic carbocycles. The molecule has 168 valence electrons. The number of thiophene rings is 1. The Bertz CT molecular complexity index is 1210. The predicted octanol–water partition coefficient (Wildman–Crippen LogP) is 4.59. The highest BCUT2D eigenvalue weighted by Gasteiger charge is 2.35. The van der Waals surface area contributed by atoms with Crippen molar-refractivity contribution in [2.45, 2.75) is 19.4 Å². The molecule has 5 rings (SSSR count). The first kappa shape index (κ1) is 21.7. The van der Waals surface area contributed by atoms with Crippen LogP contribution in [0.25, 0.3) is 0 Å². The van der Waals surface area contributed by atoms with Crippen molar-refractivity contribution in [1.29, 1.82) is 0 Å². The van der Waals surface area contributed by atoms with Crippen LogP contribution in [0.5, 0.6) is 0 Å². The predicted molar refractivity (Wildman–Crippen MR) is 130 cm³/mol. The third-order valence-electron chi connectivity index (χ3n) is 6.14. The van der Waals surface area contributed by atoms with Gasteiger partial charge in [0.15, 0.2) is 0 Å². The monoisotopic (exact) mass is 479 g/mol. The zero-order chi connectivity index (χ0) is 22.9. The summed E-state index contributed by atoms with van der Waals surface area (Å²) < 4.78 is 0. The number of hydrogen-bond acceptors (Lipinski definition) is 4. The van der Waals surface area contributed by atoms with Crippen LogP contribution in [0, 0.1) is 5.92 Å². The molecule has 1 saturated heterocycles. The fraction of sp³-hybridized carbons (Fsp3) is 0.240. The van der Waals surface area contributed by atoms with Crippen molar-refractivity contribution in [3.8, 4) is 0 Å². The molecule has 1 atom stereocenters. The van der Waals surface area contributed by atoms with Gasteiger partial charge in [0.05, 0.1) is 10.8 Å². The molecule has 1 N–H and O–H groups in total. The fourth-order valence-corrected chi connectivity index (χ4v) is 5.18. The first-order valence-corrected chi connectivity index (χ1v) is 12.0. The molecule has 2 aliphatic rings. The summed E-state index contributed by atoms with van der Waals surface area (Å²) >= 11 is 7.38. The minimum Gasteiger partial charge on any atom is -0.333 e. The molecule has 0 unspecified atom stereocenters. The molecule has 1 fully saturated rings. The lowest BCUT2D eigenvalue weighted by Gasteiger charge is -2.29. The summed E-state index contributed by atoms with van der Waals surface area (Å²) in [5.41, 5.74) is 3.65. The normalized spacial score (nSPS) is 17.7. The second-order valence-electron chi connectivity index (χ2n) is 8.31. The number of carbonyl (C=O) groups excluding carboxylic acids is 3. The van der Waals surface area contributed by atoms with E-state index in [0.29, 0.717) is 30.3 Å². The molecule has 3 aromatic rings. The molecular weight excluding hydrogens is 458 g/mol. The van der Waals surface area contributed by atoms with Gasteiger partial charge in [0.25, 0.3) is 5.91 Å². The zero-order valence-electron chi connectivity index (χ0n) is 17.8. The van der Waals surface area contributed by atoms with Crippen LogP contribution in [0.3, 0.4) is 0 Å². The summed E-state index contributed by atoms with van der Waals surface area (Å²) in [6.07, 6.45) is 0.955. The largest absolute Gasteiger partial charge is 0.333 e. The van der Waals surface area contributed by atoms with E-state index in [9.17, 15) is 14.4 Å². The topological polar surface area (TPSA) is 69.7 Å². The van der Waals surface area contributed by atoms with Crippen molar-refractivity contribution in [2.75, 3.05) is 23.3 Å². The van der Waals surface area contributed by atoms with Gasteiger partial charge < -0.3 is 15.1 Å². The number of nitrogens with zero attached hydrogens (tertiary/aromatic N) is 2. The van der Waals surface area contributed by atoms with Crippen LogP contribution >= 0.6 is 22.9 Å². The van der Waals surface area contributed by atoms with Gasteiger partial charge in [-0.05, 0) is 65.4 Å². The maximum Gasteiger partial charge on any atom is 0.264 e. The molecule has 3 amide bonds. The Balaban J connectivity index is 1.25. The van der Waals surface area contributed by atoms with Crippen LogP contribution in [0.4, 0.5) is 11.4 Å². The minimum absolute atomic E-state index is 0.0387. The summed E-state index contributed by atoms with van der Waals surface area (Å²) in [5, 5.41) is 5.47. The van der Waals surface area contributed by atoms with Gasteiger partial charge in [-0.3, -0.25) is 14.4 Å². The molecule has 3 heterocycles. The second-order valence-corrected chi connectivity index (χ2v) is 9.69. The van der Waals surface area contributed by atoms with E-state index < -0.39 is 5.92 Å². The van der Waals surface area contributed by atoms with Crippen molar-refractivity contribution in [2.24, 2.45) is 5.92 Å². The number of fused-ring (bicyclic) bond motifs is 1. The lowest BCUT2D eigenvalue weighted by Crippen LogP contribution is -2.35. The van der Waals surface area contributed by atoms with Crippen molar-refractivity contribution >= 4 is 52.0 Å². The molecule has 33 heavy (non-hydrogen) atoms. The van der Waals surface area contributed by atoms with Crippen LogP contribution in [0.15, 0.2) is 60.0 Å². The van der Waals surface area contributed by atoms with Crippen molar-refractivity contribution < 1.29 is 14.4 Å². The molecule has 1 aromatic heterocycles. The third kappa shape index (κ3) is 4.51. The standard InChI is InChI=1S/C25H22ClN3O3S/c26-19-4-7-21(8-5-19)29-15-18(13-23(29)30)24(31)27-20-6-3-16-9-10-28(14-17(16)12-20)25(32)22-2-1-11-33-22/h1-8,11-12,18H,9-10,13-15H2,(H,27,31)/t18-/m0/s1. The van der Waals surface area contributed by atoms with E-state index in [0.717, 1.165) is 22.5 Å². The zero-order valence-corrected chi connectivity index (χ0v) is 19.4. The number of amides is 3. The molecule has 0 radical (unpaired) electrons. The highest BCUT2D eigenvalue weighted by molar-refractivity contribution is 7.12. The number of rotatable bonds is 4. The Hall–Kier alpha value is -3.16. The van der Waals surface area contributed by atoms with Crippen LogP contribution in [-0.4, -0.2) is 35.7 Å². The van der Waals surface area contributed by atoms with Gasteiger partial charge in [-0.25, -0.2) is 0 Å². The van der Waals surface area contributed by atoms with Gasteiger partial charge in [-0.2, -0.15) is 0 Å². The average Bonchev–Trinajstić information content (AvgIpc) is 3.49. The summed E-state index contributed by atoms with van der Waals surface area (Å²) in [7, 11) is 0. The van der Waals surface area contributed by atoms with E-state index in [1.54, 1.807) is 29.2 Å². The summed E-state index contributed by atoms with van der Waals surface area (Å²) in [6.45, 7) is 1.53. The van der Waals surface area contributed by atoms with Crippen molar-refractivity contribution in [3.63, 3.8) is 0 Å². The smallest absolute Gasteiger partial charge is 0.264 e. The number of halogens is 1. The van der Waals surface area contributed by atoms with E-state index >= 15 is 0 Å². The van der Waals surface area contributed by atoms with Gasteiger partial charge in [0.2, 0.25) is 11.8 Å². The SMILES string of the molecule is O=C(Nc1ccc2c(c1)CN(C(=O)c1cccs1)CC2)[C@H]1CC(=O)N(c2ccc(Cl)cc2)C1. The van der Waals surface area contributed by atoms with E-state index in [2.05, 4.69) is 5.32 Å². The lowest BCUT2D eigenvalue weighted by molar-refractivity contribution is -0.122. The van der Waals surface area contributed by atoms with E-state index in [4.69, 9.17) is 11.6 Å². The maximum absolute atomic E-state index is 12.9. The van der Waals surface area contributed by atoms with E-state index in [1.807, 2.05) is 40.6 Å². The summed E-state index contributed by atoms with van der Waals surface area (Å²) in [6, 6.07) is 16.6. The Morgan fingerprint density at radius 1 is 1.06 bits per heavy atom. The number of benzene rings is 2. The molecule has 2 aliphatic heterocycles. The molecular formula is C25H22ClN3O3S. The van der Waals surface area contributed by atoms with E-state index in [-0.39, 0.29) is 24.1 Å². The fourth-order valence-electron chi connectivity index (χ4n) is 4.36. The molecule has 8 heteroatoms. The van der Waals surface area contributed by atoms with Gasteiger partial charge in [0.1, 0.15) is 0 Å². The van der Waals surface area contributed by atoms with Crippen LogP contribution in [0.1, 0.15) is 27.2 Å². The van der Waals surface area contributed by atoms with Crippen molar-refractivity contribution in [3.05, 3.63) is 81.0 Å². The number of nitrogens with one attached hydrogen (secondary N) is 1.